The van der Waals surface area contributed by atoms with E-state index in [4.69, 9.17) is 12.2 Å². The van der Waals surface area contributed by atoms with Crippen molar-refractivity contribution in [3.05, 3.63) is 59.0 Å². The molecule has 2 amide bonds. The highest BCUT2D eigenvalue weighted by Gasteiger charge is 2.38. The van der Waals surface area contributed by atoms with E-state index in [0.717, 1.165) is 11.3 Å². The summed E-state index contributed by atoms with van der Waals surface area (Å²) in [6.07, 6.45) is 5.75. The Morgan fingerprint density at radius 3 is 2.88 bits per heavy atom. The first kappa shape index (κ1) is 18.3. The Hall–Kier alpha value is -2.45. The lowest BCUT2D eigenvalue weighted by molar-refractivity contribution is -0.132. The van der Waals surface area contributed by atoms with Gasteiger partial charge in [-0.1, -0.05) is 54.3 Å². The minimum absolute atomic E-state index is 0.234. The largest absolute Gasteiger partial charge is 0.354 e. The third-order valence-corrected chi connectivity index (χ3v) is 5.27. The maximum Gasteiger partial charge on any atom is 0.266 e. The summed E-state index contributed by atoms with van der Waals surface area (Å²) in [5.74, 6) is -0.471. The third kappa shape index (κ3) is 4.20. The van der Waals surface area contributed by atoms with Crippen molar-refractivity contribution in [1.82, 2.24) is 20.2 Å². The summed E-state index contributed by atoms with van der Waals surface area (Å²) in [7, 11) is 0. The average Bonchev–Trinajstić information content (AvgIpc) is 3.24. The van der Waals surface area contributed by atoms with Crippen LogP contribution in [0.25, 0.3) is 6.08 Å². The number of rotatable bonds is 6. The highest BCUT2D eigenvalue weighted by atomic mass is 32.2. The zero-order valence-electron chi connectivity index (χ0n) is 14.1. The molecule has 8 heteroatoms. The predicted molar refractivity (Wildman–Crippen MR) is 106 cm³/mol. The van der Waals surface area contributed by atoms with E-state index in [0.29, 0.717) is 22.2 Å². The number of hydrogen-bond donors (Lipinski definition) is 2. The highest BCUT2D eigenvalue weighted by molar-refractivity contribution is 8.26. The summed E-state index contributed by atoms with van der Waals surface area (Å²) in [4.78, 5) is 33.9. The number of carbonyl (C=O) groups excluding carboxylic acids is 2. The number of thiocarbonyl (C=S) groups is 1. The Kier molecular flexibility index (Phi) is 5.85. The zero-order valence-corrected chi connectivity index (χ0v) is 15.8. The van der Waals surface area contributed by atoms with Gasteiger partial charge in [-0.05, 0) is 18.6 Å². The van der Waals surface area contributed by atoms with Crippen LogP contribution in [0, 0.1) is 0 Å². The molecule has 1 fully saturated rings. The molecule has 0 aliphatic carbocycles. The molecule has 2 heterocycles. The van der Waals surface area contributed by atoms with Crippen LogP contribution in [0.3, 0.4) is 0 Å². The lowest BCUT2D eigenvalue weighted by atomic mass is 10.2. The van der Waals surface area contributed by atoms with E-state index in [1.807, 2.05) is 30.3 Å². The van der Waals surface area contributed by atoms with Crippen LogP contribution in [0.15, 0.2) is 47.8 Å². The molecule has 6 nitrogen and oxygen atoms in total. The molecule has 1 aromatic carbocycles. The summed E-state index contributed by atoms with van der Waals surface area (Å²) in [5.41, 5.74) is 1.86. The molecule has 1 aromatic heterocycles. The minimum atomic E-state index is -0.661. The van der Waals surface area contributed by atoms with Gasteiger partial charge in [0.15, 0.2) is 0 Å². The first-order chi connectivity index (χ1) is 12.6. The second kappa shape index (κ2) is 8.29. The topological polar surface area (TPSA) is 78.1 Å². The minimum Gasteiger partial charge on any atom is -0.354 e. The van der Waals surface area contributed by atoms with Gasteiger partial charge in [0.2, 0.25) is 5.91 Å². The molecule has 0 radical (unpaired) electrons. The summed E-state index contributed by atoms with van der Waals surface area (Å²) in [5, 5.41) is 2.83. The van der Waals surface area contributed by atoms with Gasteiger partial charge in [-0.15, -0.1) is 0 Å². The molecule has 2 aromatic rings. The van der Waals surface area contributed by atoms with E-state index < -0.39 is 6.04 Å². The highest BCUT2D eigenvalue weighted by Crippen LogP contribution is 2.33. The van der Waals surface area contributed by atoms with E-state index in [9.17, 15) is 9.59 Å². The number of aromatic nitrogens is 2. The number of amides is 2. The van der Waals surface area contributed by atoms with Crippen LogP contribution >= 0.6 is 24.0 Å². The fraction of sp³-hybridized carbons (Fsp3) is 0.222. The van der Waals surface area contributed by atoms with Crippen LogP contribution in [0.5, 0.6) is 0 Å². The van der Waals surface area contributed by atoms with Crippen molar-refractivity contribution in [2.24, 2.45) is 0 Å². The molecule has 134 valence electrons. The number of benzene rings is 1. The lowest BCUT2D eigenvalue weighted by Crippen LogP contribution is -2.47. The second-order valence-corrected chi connectivity index (χ2v) is 7.43. The summed E-state index contributed by atoms with van der Waals surface area (Å²) in [6.45, 7) is 2.14. The van der Waals surface area contributed by atoms with Gasteiger partial charge in [0.05, 0.1) is 11.2 Å². The number of imidazole rings is 1. The monoisotopic (exact) mass is 386 g/mol. The lowest BCUT2D eigenvalue weighted by Gasteiger charge is -2.22. The first-order valence-electron chi connectivity index (χ1n) is 8.13. The molecule has 0 unspecified atom stereocenters. The van der Waals surface area contributed by atoms with Crippen LogP contribution in [0.2, 0.25) is 0 Å². The number of H-pyrrole nitrogens is 1. The summed E-state index contributed by atoms with van der Waals surface area (Å²) in [6, 6.07) is 8.89. The Morgan fingerprint density at radius 2 is 2.19 bits per heavy atom. The standard InChI is InChI=1S/C18H18N4O2S2/c1-12(16(23)20-8-7-14-10-19-11-21-14)22-17(24)15(26-18(22)25)9-13-5-3-2-4-6-13/h2-6,9-12H,7-8H2,1H3,(H,19,21)(H,20,23)/b15-9-/t12-/m1/s1. The van der Waals surface area contributed by atoms with E-state index in [2.05, 4.69) is 15.3 Å². The zero-order chi connectivity index (χ0) is 18.5. The van der Waals surface area contributed by atoms with Gasteiger partial charge in [0.1, 0.15) is 10.4 Å². The molecular weight excluding hydrogens is 368 g/mol. The first-order valence-corrected chi connectivity index (χ1v) is 9.36. The molecule has 1 aliphatic heterocycles. The van der Waals surface area contributed by atoms with Crippen LogP contribution < -0.4 is 5.32 Å². The molecule has 3 rings (SSSR count). The van der Waals surface area contributed by atoms with Gasteiger partial charge in [-0.2, -0.15) is 0 Å². The fourth-order valence-corrected chi connectivity index (χ4v) is 3.94. The Bertz CT molecular complexity index is 834. The number of nitrogens with zero attached hydrogens (tertiary/aromatic N) is 2. The average molecular weight is 387 g/mol. The van der Waals surface area contributed by atoms with Gasteiger partial charge in [0, 0.05) is 24.9 Å². The van der Waals surface area contributed by atoms with Crippen molar-refractivity contribution >= 4 is 46.2 Å². The fourth-order valence-electron chi connectivity index (χ4n) is 2.52. The summed E-state index contributed by atoms with van der Waals surface area (Å²) >= 11 is 6.54. The molecule has 1 saturated heterocycles. The Labute approximate surface area is 161 Å². The molecule has 1 atom stereocenters. The van der Waals surface area contributed by atoms with Crippen molar-refractivity contribution in [2.45, 2.75) is 19.4 Å². The van der Waals surface area contributed by atoms with Crippen LogP contribution in [-0.2, 0) is 16.0 Å². The maximum absolute atomic E-state index is 12.7. The van der Waals surface area contributed by atoms with Crippen molar-refractivity contribution in [3.63, 3.8) is 0 Å². The SMILES string of the molecule is C[C@H](C(=O)NCCc1cnc[nH]1)N1C(=O)/C(=C/c2ccccc2)SC1=S. The van der Waals surface area contributed by atoms with Gasteiger partial charge < -0.3 is 10.3 Å². The Morgan fingerprint density at radius 1 is 1.42 bits per heavy atom. The van der Waals surface area contributed by atoms with Crippen molar-refractivity contribution in [3.8, 4) is 0 Å². The normalized spacial score (nSPS) is 17.0. The van der Waals surface area contributed by atoms with Gasteiger partial charge >= 0.3 is 0 Å². The number of aromatic amines is 1. The third-order valence-electron chi connectivity index (χ3n) is 3.94. The number of thioether (sulfide) groups is 1. The van der Waals surface area contributed by atoms with Crippen LogP contribution in [0.1, 0.15) is 18.2 Å². The molecule has 1 aliphatic rings. The number of nitrogens with one attached hydrogen (secondary N) is 2. The number of carbonyl (C=O) groups is 2. The van der Waals surface area contributed by atoms with E-state index >= 15 is 0 Å². The molecular formula is C18H18N4O2S2. The van der Waals surface area contributed by atoms with Crippen LogP contribution in [0.4, 0.5) is 0 Å². The molecule has 0 spiro atoms. The number of hydrogen-bond acceptors (Lipinski definition) is 5. The van der Waals surface area contributed by atoms with E-state index in [-0.39, 0.29) is 11.8 Å². The van der Waals surface area contributed by atoms with E-state index in [1.165, 1.54) is 16.7 Å². The molecule has 0 saturated carbocycles. The maximum atomic E-state index is 12.7. The van der Waals surface area contributed by atoms with E-state index in [1.54, 1.807) is 25.5 Å². The van der Waals surface area contributed by atoms with Crippen LogP contribution in [-0.4, -0.2) is 43.6 Å². The Balaban J connectivity index is 1.62. The van der Waals surface area contributed by atoms with Gasteiger partial charge in [-0.25, -0.2) is 4.98 Å². The van der Waals surface area contributed by atoms with Gasteiger partial charge in [-0.3, -0.25) is 14.5 Å². The van der Waals surface area contributed by atoms with Crippen molar-refractivity contribution in [2.75, 3.05) is 6.54 Å². The van der Waals surface area contributed by atoms with Crippen molar-refractivity contribution in [1.29, 1.82) is 0 Å². The molecule has 0 bridgehead atoms. The molecule has 26 heavy (non-hydrogen) atoms. The van der Waals surface area contributed by atoms with Gasteiger partial charge in [0.25, 0.3) is 5.91 Å². The smallest absolute Gasteiger partial charge is 0.266 e. The quantitative estimate of drug-likeness (QED) is 0.589. The second-order valence-electron chi connectivity index (χ2n) is 5.76. The summed E-state index contributed by atoms with van der Waals surface area (Å²) < 4.78 is 0.397. The molecule has 2 N–H and O–H groups in total. The predicted octanol–water partition coefficient (Wildman–Crippen LogP) is 2.36. The van der Waals surface area contributed by atoms with Crippen molar-refractivity contribution < 1.29 is 9.59 Å².